The van der Waals surface area contributed by atoms with Gasteiger partial charge in [0, 0.05) is 11.2 Å². The quantitative estimate of drug-likeness (QED) is 0.391. The summed E-state index contributed by atoms with van der Waals surface area (Å²) in [5, 5.41) is 24.8. The van der Waals surface area contributed by atoms with Crippen molar-refractivity contribution in [3.05, 3.63) is 77.8 Å². The van der Waals surface area contributed by atoms with E-state index in [0.717, 1.165) is 4.80 Å². The van der Waals surface area contributed by atoms with Gasteiger partial charge in [0.05, 0.1) is 0 Å². The van der Waals surface area contributed by atoms with Crippen LogP contribution in [0.3, 0.4) is 0 Å². The third kappa shape index (κ3) is 6.18. The van der Waals surface area contributed by atoms with Gasteiger partial charge in [0.15, 0.2) is 5.76 Å². The molecule has 0 aliphatic rings. The van der Waals surface area contributed by atoms with Gasteiger partial charge in [0.25, 0.3) is 5.91 Å². The topological polar surface area (TPSA) is 126 Å². The van der Waals surface area contributed by atoms with E-state index in [1.165, 1.54) is 41.3 Å². The Bertz CT molecular complexity index is 1390. The zero-order chi connectivity index (χ0) is 26.7. The van der Waals surface area contributed by atoms with Gasteiger partial charge in [-0.25, -0.2) is 4.39 Å². The second kappa shape index (κ2) is 10.2. The monoisotopic (exact) mass is 506 g/mol. The maximum atomic E-state index is 13.8. The third-order valence-electron chi connectivity index (χ3n) is 5.28. The van der Waals surface area contributed by atoms with Crippen molar-refractivity contribution in [2.75, 3.05) is 4.90 Å². The fourth-order valence-electron chi connectivity index (χ4n) is 3.71. The van der Waals surface area contributed by atoms with Crippen LogP contribution in [0.4, 0.5) is 10.1 Å². The number of furan rings is 1. The van der Waals surface area contributed by atoms with Gasteiger partial charge in [-0.1, -0.05) is 12.1 Å². The lowest BCUT2D eigenvalue weighted by Gasteiger charge is -2.33. The molecule has 11 heteroatoms. The molecule has 2 amide bonds. The number of anilines is 1. The van der Waals surface area contributed by atoms with E-state index in [0.29, 0.717) is 17.1 Å². The number of aromatic nitrogens is 4. The van der Waals surface area contributed by atoms with E-state index in [2.05, 4.69) is 20.7 Å². The van der Waals surface area contributed by atoms with Gasteiger partial charge in [-0.2, -0.15) is 4.80 Å². The molecule has 0 fully saturated rings. The van der Waals surface area contributed by atoms with E-state index in [4.69, 9.17) is 4.42 Å². The SMILES string of the molecule is Cc1ccc(-c2nnn(CC(=O)N(c3ccc(F)cc3)[C@H](C(=O)NC(C)(C)C)c3ccc(O)cc3)n2)o1. The van der Waals surface area contributed by atoms with Crippen LogP contribution < -0.4 is 10.2 Å². The van der Waals surface area contributed by atoms with Crippen molar-refractivity contribution in [1.82, 2.24) is 25.5 Å². The predicted molar refractivity (Wildman–Crippen MR) is 133 cm³/mol. The van der Waals surface area contributed by atoms with Crippen molar-refractivity contribution in [3.63, 3.8) is 0 Å². The normalized spacial score (nSPS) is 12.2. The minimum Gasteiger partial charge on any atom is -0.508 e. The van der Waals surface area contributed by atoms with Crippen molar-refractivity contribution >= 4 is 17.5 Å². The van der Waals surface area contributed by atoms with Gasteiger partial charge in [0.1, 0.15) is 29.9 Å². The number of nitrogens with one attached hydrogen (secondary N) is 1. The number of rotatable bonds is 7. The molecule has 2 aromatic carbocycles. The van der Waals surface area contributed by atoms with Gasteiger partial charge in [-0.05, 0) is 87.0 Å². The number of benzene rings is 2. The van der Waals surface area contributed by atoms with E-state index in [1.54, 1.807) is 31.2 Å². The number of phenolic OH excluding ortho intramolecular Hbond substituents is 1. The number of aromatic hydroxyl groups is 1. The van der Waals surface area contributed by atoms with Crippen LogP contribution in [-0.4, -0.2) is 42.7 Å². The van der Waals surface area contributed by atoms with Crippen molar-refractivity contribution in [3.8, 4) is 17.3 Å². The summed E-state index contributed by atoms with van der Waals surface area (Å²) >= 11 is 0. The smallest absolute Gasteiger partial charge is 0.251 e. The average Bonchev–Trinajstić information content (AvgIpc) is 3.46. The molecule has 0 saturated carbocycles. The van der Waals surface area contributed by atoms with Crippen molar-refractivity contribution in [2.45, 2.75) is 45.8 Å². The van der Waals surface area contributed by atoms with Crippen LogP contribution in [0.1, 0.15) is 38.1 Å². The Morgan fingerprint density at radius 2 is 1.76 bits per heavy atom. The second-order valence-electron chi connectivity index (χ2n) is 9.53. The van der Waals surface area contributed by atoms with Crippen LogP contribution in [0.25, 0.3) is 11.6 Å². The Kier molecular flexibility index (Phi) is 7.05. The zero-order valence-corrected chi connectivity index (χ0v) is 20.8. The Hall–Kier alpha value is -4.54. The van der Waals surface area contributed by atoms with E-state index in [9.17, 15) is 19.1 Å². The van der Waals surface area contributed by atoms with E-state index in [-0.39, 0.29) is 23.8 Å². The summed E-state index contributed by atoms with van der Waals surface area (Å²) in [5.41, 5.74) is 0.124. The maximum Gasteiger partial charge on any atom is 0.251 e. The number of hydrogen-bond donors (Lipinski definition) is 2. The molecular formula is C26H27FN6O4. The molecule has 37 heavy (non-hydrogen) atoms. The Balaban J connectivity index is 1.74. The summed E-state index contributed by atoms with van der Waals surface area (Å²) in [5.74, 6) is -0.222. The molecule has 0 unspecified atom stereocenters. The molecule has 2 N–H and O–H groups in total. The lowest BCUT2D eigenvalue weighted by Crippen LogP contribution is -2.50. The van der Waals surface area contributed by atoms with Gasteiger partial charge in [-0.15, -0.1) is 10.2 Å². The second-order valence-corrected chi connectivity index (χ2v) is 9.53. The number of halogens is 1. The number of phenols is 1. The van der Waals surface area contributed by atoms with Crippen molar-refractivity contribution in [2.24, 2.45) is 0 Å². The lowest BCUT2D eigenvalue weighted by molar-refractivity contribution is -0.128. The molecule has 0 aliphatic carbocycles. The summed E-state index contributed by atoms with van der Waals surface area (Å²) in [4.78, 5) is 29.7. The molecule has 2 aromatic heterocycles. The highest BCUT2D eigenvalue weighted by atomic mass is 19.1. The average molecular weight is 507 g/mol. The Morgan fingerprint density at radius 3 is 2.35 bits per heavy atom. The number of carbonyl (C=O) groups is 2. The summed E-state index contributed by atoms with van der Waals surface area (Å²) in [6, 6.07) is 13.5. The number of aryl methyl sites for hydroxylation is 1. The summed E-state index contributed by atoms with van der Waals surface area (Å²) in [6.07, 6.45) is 0. The van der Waals surface area contributed by atoms with Crippen molar-refractivity contribution in [1.29, 1.82) is 0 Å². The Labute approximate surface area is 212 Å². The largest absolute Gasteiger partial charge is 0.508 e. The highest BCUT2D eigenvalue weighted by Crippen LogP contribution is 2.30. The van der Waals surface area contributed by atoms with E-state index in [1.807, 2.05) is 20.8 Å². The minimum atomic E-state index is -1.14. The highest BCUT2D eigenvalue weighted by molar-refractivity contribution is 6.01. The molecule has 0 spiro atoms. The fourth-order valence-corrected chi connectivity index (χ4v) is 3.71. The molecule has 192 valence electrons. The van der Waals surface area contributed by atoms with Crippen LogP contribution in [0, 0.1) is 12.7 Å². The standard InChI is InChI=1S/C26H27FN6O4/c1-16-5-14-21(37-16)24-29-31-32(30-24)15-22(35)33(19-10-8-18(27)9-11-19)23(25(36)28-26(2,3)4)17-6-12-20(34)13-7-17/h5-14,23,34H,15H2,1-4H3,(H,28,36)/t23-/m0/s1. The highest BCUT2D eigenvalue weighted by Gasteiger charge is 2.35. The molecule has 4 aromatic rings. The number of tetrazole rings is 1. The molecule has 0 bridgehead atoms. The minimum absolute atomic E-state index is 0.00546. The first-order chi connectivity index (χ1) is 17.5. The number of hydrogen-bond acceptors (Lipinski definition) is 7. The summed E-state index contributed by atoms with van der Waals surface area (Å²) < 4.78 is 19.3. The van der Waals surface area contributed by atoms with E-state index < -0.39 is 29.2 Å². The van der Waals surface area contributed by atoms with Gasteiger partial charge in [0.2, 0.25) is 11.7 Å². The molecule has 0 aliphatic heterocycles. The van der Waals surface area contributed by atoms with Crippen LogP contribution >= 0.6 is 0 Å². The summed E-state index contributed by atoms with van der Waals surface area (Å²) in [7, 11) is 0. The van der Waals surface area contributed by atoms with Crippen LogP contribution in [0.15, 0.2) is 65.1 Å². The zero-order valence-electron chi connectivity index (χ0n) is 20.8. The third-order valence-corrected chi connectivity index (χ3v) is 5.28. The Morgan fingerprint density at radius 1 is 1.08 bits per heavy atom. The van der Waals surface area contributed by atoms with Gasteiger partial charge in [-0.3, -0.25) is 14.5 Å². The first kappa shape index (κ1) is 25.5. The van der Waals surface area contributed by atoms with Gasteiger partial charge >= 0.3 is 0 Å². The molecule has 0 saturated heterocycles. The van der Waals surface area contributed by atoms with Crippen LogP contribution in [-0.2, 0) is 16.1 Å². The molecule has 2 heterocycles. The van der Waals surface area contributed by atoms with Crippen molar-refractivity contribution < 1.29 is 23.5 Å². The number of nitrogens with zero attached hydrogens (tertiary/aromatic N) is 5. The van der Waals surface area contributed by atoms with Gasteiger partial charge < -0.3 is 14.8 Å². The first-order valence-corrected chi connectivity index (χ1v) is 11.5. The first-order valence-electron chi connectivity index (χ1n) is 11.5. The molecule has 1 atom stereocenters. The number of carbonyl (C=O) groups excluding carboxylic acids is 2. The molecule has 0 radical (unpaired) electrons. The predicted octanol–water partition coefficient (Wildman–Crippen LogP) is 3.78. The molecule has 4 rings (SSSR count). The van der Waals surface area contributed by atoms with Crippen LogP contribution in [0.5, 0.6) is 5.75 Å². The maximum absolute atomic E-state index is 13.8. The fraction of sp³-hybridized carbons (Fsp3) is 0.269. The number of amides is 2. The molecular weight excluding hydrogens is 479 g/mol. The van der Waals surface area contributed by atoms with Crippen LogP contribution in [0.2, 0.25) is 0 Å². The lowest BCUT2D eigenvalue weighted by atomic mass is 10.0. The summed E-state index contributed by atoms with van der Waals surface area (Å²) in [6.45, 7) is 6.88. The van der Waals surface area contributed by atoms with E-state index >= 15 is 0 Å². The molecule has 10 nitrogen and oxygen atoms in total.